The van der Waals surface area contributed by atoms with Crippen molar-refractivity contribution < 1.29 is 23.5 Å². The van der Waals surface area contributed by atoms with Crippen LogP contribution in [0.1, 0.15) is 57.7 Å². The SMILES string of the molecule is CC(C)C1=C(C(=O)N2[C@H](C)CC[C@H]2C(=O)O)SC2=N[C@@](C)(c3ccc(F)cc3)[C@@H](c3ccc(Cl)c(F)c3)N21. The number of hydrogen-bond acceptors (Lipinski definition) is 5. The molecule has 1 amide bonds. The van der Waals surface area contributed by atoms with Gasteiger partial charge in [-0.05, 0) is 79.8 Å². The minimum atomic E-state index is -1.02. The predicted molar refractivity (Wildman–Crippen MR) is 144 cm³/mol. The van der Waals surface area contributed by atoms with Crippen LogP contribution in [0.5, 0.6) is 0 Å². The number of carboxylic acids is 1. The second kappa shape index (κ2) is 9.68. The predicted octanol–water partition coefficient (Wildman–Crippen LogP) is 6.32. The van der Waals surface area contributed by atoms with Gasteiger partial charge in [0.05, 0.1) is 11.1 Å². The van der Waals surface area contributed by atoms with E-state index in [0.29, 0.717) is 34.2 Å². The molecule has 3 heterocycles. The number of aliphatic imine (C=N–C) groups is 1. The summed E-state index contributed by atoms with van der Waals surface area (Å²) >= 11 is 7.21. The summed E-state index contributed by atoms with van der Waals surface area (Å²) in [7, 11) is 0. The molecular formula is C28H28ClF2N3O3S. The minimum Gasteiger partial charge on any atom is -0.480 e. The first-order valence-corrected chi connectivity index (χ1v) is 13.7. The maximum Gasteiger partial charge on any atom is 0.326 e. The largest absolute Gasteiger partial charge is 0.480 e. The van der Waals surface area contributed by atoms with E-state index >= 15 is 0 Å². The number of aliphatic carboxylic acids is 1. The molecule has 38 heavy (non-hydrogen) atoms. The van der Waals surface area contributed by atoms with Crippen LogP contribution in [0.15, 0.2) is 58.1 Å². The monoisotopic (exact) mass is 559 g/mol. The highest BCUT2D eigenvalue weighted by Gasteiger charge is 2.54. The van der Waals surface area contributed by atoms with Gasteiger partial charge in [0.15, 0.2) is 5.17 Å². The smallest absolute Gasteiger partial charge is 0.326 e. The lowest BCUT2D eigenvalue weighted by Gasteiger charge is -2.37. The number of amidine groups is 1. The topological polar surface area (TPSA) is 73.2 Å². The molecule has 2 aromatic carbocycles. The molecule has 3 aliphatic heterocycles. The van der Waals surface area contributed by atoms with Crippen LogP contribution >= 0.6 is 23.4 Å². The molecule has 0 saturated carbocycles. The van der Waals surface area contributed by atoms with Gasteiger partial charge in [0.2, 0.25) is 0 Å². The second-order valence-corrected chi connectivity index (χ2v) is 11.8. The van der Waals surface area contributed by atoms with Crippen LogP contribution in [0.3, 0.4) is 0 Å². The number of fused-ring (bicyclic) bond motifs is 1. The third-order valence-electron chi connectivity index (χ3n) is 7.63. The van der Waals surface area contributed by atoms with Crippen molar-refractivity contribution in [2.75, 3.05) is 0 Å². The number of carboxylic acid groups (broad SMARTS) is 1. The molecule has 0 unspecified atom stereocenters. The van der Waals surface area contributed by atoms with Crippen molar-refractivity contribution in [2.24, 2.45) is 10.9 Å². The van der Waals surface area contributed by atoms with Crippen molar-refractivity contribution in [1.29, 1.82) is 0 Å². The molecule has 0 spiro atoms. The highest BCUT2D eigenvalue weighted by atomic mass is 35.5. The van der Waals surface area contributed by atoms with Gasteiger partial charge in [0.25, 0.3) is 5.91 Å². The lowest BCUT2D eigenvalue weighted by atomic mass is 9.81. The second-order valence-electron chi connectivity index (χ2n) is 10.5. The quantitative estimate of drug-likeness (QED) is 0.464. The molecule has 10 heteroatoms. The van der Waals surface area contributed by atoms with Gasteiger partial charge in [-0.3, -0.25) is 4.79 Å². The van der Waals surface area contributed by atoms with Gasteiger partial charge >= 0.3 is 5.97 Å². The molecule has 6 nitrogen and oxygen atoms in total. The number of nitrogens with zero attached hydrogens (tertiary/aromatic N) is 3. The summed E-state index contributed by atoms with van der Waals surface area (Å²) in [6, 6.07) is 9.01. The van der Waals surface area contributed by atoms with E-state index in [2.05, 4.69) is 0 Å². The molecule has 1 saturated heterocycles. The number of thioether (sulfide) groups is 1. The van der Waals surface area contributed by atoms with Crippen LogP contribution in [-0.4, -0.2) is 44.0 Å². The molecule has 5 rings (SSSR count). The Hall–Kier alpha value is -2.91. The fourth-order valence-corrected chi connectivity index (χ4v) is 7.26. The number of amides is 1. The molecule has 0 radical (unpaired) electrons. The molecule has 0 aliphatic carbocycles. The summed E-state index contributed by atoms with van der Waals surface area (Å²) in [6.45, 7) is 7.69. The van der Waals surface area contributed by atoms with E-state index in [9.17, 15) is 23.5 Å². The van der Waals surface area contributed by atoms with Crippen molar-refractivity contribution in [2.45, 2.75) is 64.2 Å². The van der Waals surface area contributed by atoms with Gasteiger partial charge in [-0.25, -0.2) is 18.6 Å². The van der Waals surface area contributed by atoms with Gasteiger partial charge in [0, 0.05) is 11.7 Å². The van der Waals surface area contributed by atoms with Crippen LogP contribution in [0, 0.1) is 17.6 Å². The standard InChI is InChI=1S/C28H28ClF2N3O3S/c1-14(2)22-23(25(35)33-15(3)5-12-21(33)26(36)37)38-27-32-28(4,17-7-9-18(30)10-8-17)24(34(22)27)16-6-11-19(29)20(31)13-16/h6-11,13-15,21,24H,5,12H2,1-4H3,(H,36,37)/t15-,21+,24-,28+/m1/s1. The van der Waals surface area contributed by atoms with Crippen LogP contribution < -0.4 is 0 Å². The van der Waals surface area contributed by atoms with Crippen LogP contribution in [0.25, 0.3) is 0 Å². The van der Waals surface area contributed by atoms with Crippen LogP contribution in [-0.2, 0) is 15.1 Å². The first-order valence-electron chi connectivity index (χ1n) is 12.5. The first-order chi connectivity index (χ1) is 17.9. The maximum absolute atomic E-state index is 14.7. The maximum atomic E-state index is 14.7. The van der Waals surface area contributed by atoms with Crippen molar-refractivity contribution in [3.8, 4) is 0 Å². The number of rotatable bonds is 5. The van der Waals surface area contributed by atoms with E-state index in [4.69, 9.17) is 16.6 Å². The molecule has 0 bridgehead atoms. The Balaban J connectivity index is 1.66. The number of allylic oxidation sites excluding steroid dienone is 1. The van der Waals surface area contributed by atoms with Crippen molar-refractivity contribution in [3.05, 3.63) is 80.9 Å². The average Bonchev–Trinajstić information content (AvgIpc) is 3.50. The highest BCUT2D eigenvalue weighted by Crippen LogP contribution is 2.56. The Morgan fingerprint density at radius 1 is 1.16 bits per heavy atom. The minimum absolute atomic E-state index is 0.00889. The summed E-state index contributed by atoms with van der Waals surface area (Å²) in [5, 5.41) is 10.3. The Morgan fingerprint density at radius 3 is 2.45 bits per heavy atom. The number of halogens is 3. The fraction of sp³-hybridized carbons (Fsp3) is 0.393. The Bertz CT molecular complexity index is 1380. The molecular weight excluding hydrogens is 532 g/mol. The lowest BCUT2D eigenvalue weighted by Crippen LogP contribution is -2.44. The van der Waals surface area contributed by atoms with E-state index in [1.54, 1.807) is 18.2 Å². The summed E-state index contributed by atoms with van der Waals surface area (Å²) in [6.07, 6.45) is 1.01. The molecule has 200 valence electrons. The van der Waals surface area contributed by atoms with Gasteiger partial charge in [-0.15, -0.1) is 0 Å². The molecule has 2 aromatic rings. The van der Waals surface area contributed by atoms with E-state index < -0.39 is 29.4 Å². The van der Waals surface area contributed by atoms with Gasteiger partial charge in [0.1, 0.15) is 28.1 Å². The molecule has 3 aliphatic rings. The van der Waals surface area contributed by atoms with E-state index in [0.717, 1.165) is 5.56 Å². The summed E-state index contributed by atoms with van der Waals surface area (Å²) in [5.41, 5.74) is 1.10. The van der Waals surface area contributed by atoms with Gasteiger partial charge < -0.3 is 14.9 Å². The molecule has 1 fully saturated rings. The molecule has 1 N–H and O–H groups in total. The molecule has 4 atom stereocenters. The third kappa shape index (κ3) is 4.20. The van der Waals surface area contributed by atoms with Crippen molar-refractivity contribution >= 4 is 40.4 Å². The van der Waals surface area contributed by atoms with Crippen molar-refractivity contribution in [1.82, 2.24) is 9.80 Å². The van der Waals surface area contributed by atoms with Crippen molar-refractivity contribution in [3.63, 3.8) is 0 Å². The average molecular weight is 560 g/mol. The van der Waals surface area contributed by atoms with E-state index in [1.807, 2.05) is 32.6 Å². The normalized spacial score (nSPS) is 26.8. The molecule has 0 aromatic heterocycles. The number of benzene rings is 2. The zero-order valence-electron chi connectivity index (χ0n) is 21.4. The Morgan fingerprint density at radius 2 is 1.84 bits per heavy atom. The zero-order valence-corrected chi connectivity index (χ0v) is 23.0. The Labute approximate surface area is 229 Å². The Kier molecular flexibility index (Phi) is 6.80. The van der Waals surface area contributed by atoms with Gasteiger partial charge in [-0.1, -0.05) is 43.6 Å². The number of carbonyl (C=O) groups is 2. The van der Waals surface area contributed by atoms with Gasteiger partial charge in [-0.2, -0.15) is 0 Å². The highest BCUT2D eigenvalue weighted by molar-refractivity contribution is 8.18. The summed E-state index contributed by atoms with van der Waals surface area (Å²) in [5.74, 6) is -2.44. The van der Waals surface area contributed by atoms with E-state index in [1.165, 1.54) is 40.9 Å². The number of carbonyl (C=O) groups excluding carboxylic acids is 1. The first kappa shape index (κ1) is 26.7. The fourth-order valence-electron chi connectivity index (χ4n) is 5.79. The van der Waals surface area contributed by atoms with Crippen LogP contribution in [0.2, 0.25) is 5.02 Å². The number of likely N-dealkylation sites (tertiary alicyclic amines) is 1. The van der Waals surface area contributed by atoms with Crippen LogP contribution in [0.4, 0.5) is 8.78 Å². The summed E-state index contributed by atoms with van der Waals surface area (Å²) in [4.78, 5) is 34.8. The lowest BCUT2D eigenvalue weighted by molar-refractivity contribution is -0.147. The number of hydrogen-bond donors (Lipinski definition) is 1. The van der Waals surface area contributed by atoms with E-state index in [-0.39, 0.29) is 28.7 Å². The summed E-state index contributed by atoms with van der Waals surface area (Å²) < 4.78 is 28.6. The zero-order chi connectivity index (χ0) is 27.5. The third-order valence-corrected chi connectivity index (χ3v) is 8.99.